The van der Waals surface area contributed by atoms with Crippen molar-refractivity contribution >= 4 is 55.1 Å². The maximum atomic E-state index is 14.3. The van der Waals surface area contributed by atoms with Crippen molar-refractivity contribution in [3.05, 3.63) is 87.0 Å². The molecule has 0 atom stereocenters. The monoisotopic (exact) mass is 799 g/mol. The van der Waals surface area contributed by atoms with Crippen molar-refractivity contribution < 1.29 is 55.3 Å². The zero-order valence-corrected chi connectivity index (χ0v) is 33.7. The number of carbonyl (C=O) groups is 3. The van der Waals surface area contributed by atoms with Gasteiger partial charge in [0.25, 0.3) is 17.7 Å². The Morgan fingerprint density at radius 3 is 1.70 bits per heavy atom. The zero-order chi connectivity index (χ0) is 42.4. The van der Waals surface area contributed by atoms with E-state index in [2.05, 4.69) is 0 Å². The smallest absolute Gasteiger partial charge is 0.427 e. The number of halogens is 5. The van der Waals surface area contributed by atoms with Crippen LogP contribution in [0.15, 0.2) is 36.4 Å². The van der Waals surface area contributed by atoms with Crippen molar-refractivity contribution in [2.75, 3.05) is 40.8 Å². The molecule has 3 aliphatic heterocycles. The molecule has 6 rings (SSSR count). The van der Waals surface area contributed by atoms with Gasteiger partial charge in [-0.2, -0.15) is 13.2 Å². The van der Waals surface area contributed by atoms with Crippen LogP contribution in [0.2, 0.25) is 13.6 Å². The Kier molecular flexibility index (Phi) is 15.5. The molecule has 18 heteroatoms. The van der Waals surface area contributed by atoms with Crippen LogP contribution in [-0.4, -0.2) is 99.2 Å². The average molecular weight is 799 g/mol. The molecular weight excluding hydrogens is 750 g/mol. The summed E-state index contributed by atoms with van der Waals surface area (Å²) in [5.74, 6) is -2.27. The molecule has 0 bridgehead atoms. The summed E-state index contributed by atoms with van der Waals surface area (Å²) < 4.78 is 83.6. The molecule has 0 aromatic heterocycles. The third-order valence-electron chi connectivity index (χ3n) is 10.0. The van der Waals surface area contributed by atoms with Gasteiger partial charge in [0.2, 0.25) is 0 Å². The topological polar surface area (TPSA) is 109 Å². The molecule has 1 N–H and O–H groups in total. The summed E-state index contributed by atoms with van der Waals surface area (Å²) in [6.45, 7) is 11.2. The van der Waals surface area contributed by atoms with Crippen molar-refractivity contribution in [1.82, 2.24) is 14.7 Å². The largest absolute Gasteiger partial charge is 0.491 e. The van der Waals surface area contributed by atoms with Gasteiger partial charge in [0, 0.05) is 46.3 Å². The van der Waals surface area contributed by atoms with Gasteiger partial charge in [-0.1, -0.05) is 46.6 Å². The summed E-state index contributed by atoms with van der Waals surface area (Å²) in [5.41, 5.74) is 2.60. The lowest BCUT2D eigenvalue weighted by atomic mass is 9.63. The first-order valence-electron chi connectivity index (χ1n) is 19.0. The van der Waals surface area contributed by atoms with Crippen LogP contribution in [-0.2, 0) is 40.0 Å². The lowest BCUT2D eigenvalue weighted by Gasteiger charge is -2.20. The van der Waals surface area contributed by atoms with Crippen LogP contribution in [0.3, 0.4) is 0 Å². The molecule has 3 aromatic rings. The Morgan fingerprint density at radius 2 is 1.14 bits per heavy atom. The van der Waals surface area contributed by atoms with Gasteiger partial charge >= 0.3 is 27.1 Å². The van der Waals surface area contributed by atoms with Gasteiger partial charge in [-0.05, 0) is 71.0 Å². The lowest BCUT2D eigenvalue weighted by molar-refractivity contribution is -0.138. The summed E-state index contributed by atoms with van der Waals surface area (Å²) in [7, 11) is 3.76. The molecular formula is C39H49B3F5N3O7. The van der Waals surface area contributed by atoms with E-state index in [1.165, 1.54) is 35.0 Å². The molecule has 3 amide bonds. The van der Waals surface area contributed by atoms with Gasteiger partial charge in [-0.15, -0.1) is 0 Å². The first-order valence-corrected chi connectivity index (χ1v) is 19.0. The van der Waals surface area contributed by atoms with Crippen molar-refractivity contribution in [3.8, 4) is 0 Å². The van der Waals surface area contributed by atoms with E-state index in [0.717, 1.165) is 24.4 Å². The van der Waals surface area contributed by atoms with Crippen molar-refractivity contribution in [3.63, 3.8) is 0 Å². The number of nitrogens with zero attached hydrogens (tertiary/aromatic N) is 3. The highest BCUT2D eigenvalue weighted by Crippen LogP contribution is 2.34. The van der Waals surface area contributed by atoms with Gasteiger partial charge in [0.05, 0.1) is 42.1 Å². The highest BCUT2D eigenvalue weighted by Gasteiger charge is 2.39. The quantitative estimate of drug-likeness (QED) is 0.246. The summed E-state index contributed by atoms with van der Waals surface area (Å²) >= 11 is 0. The first-order chi connectivity index (χ1) is 26.9. The van der Waals surface area contributed by atoms with Crippen LogP contribution >= 0.6 is 0 Å². The van der Waals surface area contributed by atoms with E-state index in [-0.39, 0.29) is 62.2 Å². The molecule has 10 nitrogen and oxygen atoms in total. The van der Waals surface area contributed by atoms with Gasteiger partial charge < -0.3 is 33.7 Å². The number of carbonyl (C=O) groups excluding carboxylic acids is 3. The minimum absolute atomic E-state index is 0.0300. The average Bonchev–Trinajstić information content (AvgIpc) is 3.86. The molecule has 3 aromatic carbocycles. The SMILES string of the molecule is CCCN(C)C(=O)c1cc2c(cc1C(F)(F)F)B(C)OC2.CCCN(C)C(=O)c1cc2c(cc1F)B(O)OC2.CCCN(C)C(=O)c1ccc2c(c1F)COB2C. The Balaban J connectivity index is 0.000000190. The Morgan fingerprint density at radius 1 is 0.667 bits per heavy atom. The number of alkyl halides is 3. The summed E-state index contributed by atoms with van der Waals surface area (Å²) in [4.78, 5) is 40.7. The van der Waals surface area contributed by atoms with Crippen molar-refractivity contribution in [2.24, 2.45) is 0 Å². The fourth-order valence-electron chi connectivity index (χ4n) is 6.85. The third kappa shape index (κ3) is 10.4. The predicted octanol–water partition coefficient (Wildman–Crippen LogP) is 4.74. The van der Waals surface area contributed by atoms with Crippen molar-refractivity contribution in [1.29, 1.82) is 0 Å². The van der Waals surface area contributed by atoms with E-state index in [9.17, 15) is 41.4 Å². The minimum atomic E-state index is -4.56. The molecule has 0 radical (unpaired) electrons. The molecule has 3 aliphatic rings. The Bertz CT molecular complexity index is 1930. The molecule has 3 heterocycles. The second kappa shape index (κ2) is 19.5. The maximum absolute atomic E-state index is 14.3. The summed E-state index contributed by atoms with van der Waals surface area (Å²) in [6, 6.07) is 8.39. The number of fused-ring (bicyclic) bond motifs is 3. The van der Waals surface area contributed by atoms with E-state index in [0.29, 0.717) is 53.7 Å². The van der Waals surface area contributed by atoms with Gasteiger partial charge in [0.1, 0.15) is 11.6 Å². The van der Waals surface area contributed by atoms with Gasteiger partial charge in [-0.25, -0.2) is 8.78 Å². The summed E-state index contributed by atoms with van der Waals surface area (Å²) in [5, 5.41) is 9.44. The van der Waals surface area contributed by atoms with Crippen LogP contribution in [0.25, 0.3) is 0 Å². The number of hydrogen-bond donors (Lipinski definition) is 1. The third-order valence-corrected chi connectivity index (χ3v) is 10.0. The molecule has 0 aliphatic carbocycles. The van der Waals surface area contributed by atoms with Crippen LogP contribution in [0.4, 0.5) is 22.0 Å². The van der Waals surface area contributed by atoms with Gasteiger partial charge in [0.15, 0.2) is 0 Å². The standard InChI is InChI=1S/C14H17BF3NO2.C13H17BFNO2.C12H15BFNO3/c1-4-5-19(3)13(20)10-6-9-8-21-15(2)12(9)7-11(10)14(16,17)18;1-4-7-16(3)13(17)9-5-6-11-10(12(9)15)8-18-14(11)2;1-3-4-15(2)12(16)9-5-8-7-18-13(17)10(8)6-11(9)14/h6-7H,4-5,8H2,1-3H3;5-6H,4,7-8H2,1-3H3;5-6,17H,3-4,7H2,1-2H3. The number of hydrogen-bond acceptors (Lipinski definition) is 7. The molecule has 0 fully saturated rings. The number of amides is 3. The normalized spacial score (nSPS) is 13.9. The van der Waals surface area contributed by atoms with Crippen LogP contribution in [0.1, 0.15) is 93.4 Å². The molecule has 306 valence electrons. The maximum Gasteiger partial charge on any atom is 0.491 e. The zero-order valence-electron chi connectivity index (χ0n) is 33.7. The highest BCUT2D eigenvalue weighted by atomic mass is 19.4. The molecule has 0 saturated carbocycles. The van der Waals surface area contributed by atoms with E-state index in [4.69, 9.17) is 14.0 Å². The van der Waals surface area contributed by atoms with Crippen molar-refractivity contribution in [2.45, 2.75) is 79.7 Å². The van der Waals surface area contributed by atoms with Crippen LogP contribution in [0, 0.1) is 11.6 Å². The molecule has 0 saturated heterocycles. The Hall–Kier alpha value is -4.25. The molecule has 0 spiro atoms. The van der Waals surface area contributed by atoms with E-state index < -0.39 is 36.4 Å². The van der Waals surface area contributed by atoms with Crippen LogP contribution in [0.5, 0.6) is 0 Å². The predicted molar refractivity (Wildman–Crippen MR) is 210 cm³/mol. The lowest BCUT2D eigenvalue weighted by Crippen LogP contribution is -2.32. The molecule has 57 heavy (non-hydrogen) atoms. The van der Waals surface area contributed by atoms with E-state index in [1.54, 1.807) is 38.0 Å². The van der Waals surface area contributed by atoms with Gasteiger partial charge in [-0.3, -0.25) is 14.4 Å². The minimum Gasteiger partial charge on any atom is -0.427 e. The van der Waals surface area contributed by atoms with Crippen LogP contribution < -0.4 is 16.4 Å². The highest BCUT2D eigenvalue weighted by molar-refractivity contribution is 6.68. The fourth-order valence-corrected chi connectivity index (χ4v) is 6.85. The Labute approximate surface area is 332 Å². The number of benzene rings is 3. The van der Waals surface area contributed by atoms with E-state index >= 15 is 0 Å². The van der Waals surface area contributed by atoms with E-state index in [1.807, 2.05) is 27.6 Å². The second-order valence-corrected chi connectivity index (χ2v) is 14.4. The summed E-state index contributed by atoms with van der Waals surface area (Å²) in [6.07, 6.45) is -2.20. The number of rotatable bonds is 9. The fraction of sp³-hybridized carbons (Fsp3) is 0.462. The first kappa shape index (κ1) is 45.5. The second-order valence-electron chi connectivity index (χ2n) is 14.4. The molecule has 0 unspecified atom stereocenters.